The highest BCUT2D eigenvalue weighted by molar-refractivity contribution is 6.24. The second-order valence-corrected chi connectivity index (χ2v) is 6.65. The number of nitro groups is 1. The summed E-state index contributed by atoms with van der Waals surface area (Å²) in [5, 5.41) is 13.9. The Hall–Kier alpha value is -3.55. The fourth-order valence-corrected chi connectivity index (χ4v) is 3.18. The molecule has 0 saturated heterocycles. The lowest BCUT2D eigenvalue weighted by molar-refractivity contribution is -0.385. The smallest absolute Gasteiger partial charge is 0.282 e. The number of carbonyl (C=O) groups excluding carboxylic acids is 3. The highest BCUT2D eigenvalue weighted by Crippen LogP contribution is 2.30. The van der Waals surface area contributed by atoms with E-state index in [0.717, 1.165) is 16.9 Å². The molecule has 1 aliphatic rings. The summed E-state index contributed by atoms with van der Waals surface area (Å²) in [4.78, 5) is 48.4. The lowest BCUT2D eigenvalue weighted by Gasteiger charge is -2.17. The van der Waals surface area contributed by atoms with Crippen molar-refractivity contribution in [3.05, 3.63) is 75.3 Å². The first-order chi connectivity index (χ1) is 13.4. The average molecular weight is 381 g/mol. The Balaban J connectivity index is 1.61. The molecular weight excluding hydrogens is 362 g/mol. The van der Waals surface area contributed by atoms with Crippen molar-refractivity contribution in [1.29, 1.82) is 0 Å². The maximum Gasteiger partial charge on any atom is 0.282 e. The Morgan fingerprint density at radius 3 is 2.50 bits per heavy atom. The van der Waals surface area contributed by atoms with E-state index in [1.54, 1.807) is 0 Å². The van der Waals surface area contributed by atoms with E-state index in [1.165, 1.54) is 18.2 Å². The van der Waals surface area contributed by atoms with Gasteiger partial charge in [-0.1, -0.05) is 36.4 Å². The van der Waals surface area contributed by atoms with Gasteiger partial charge in [-0.05, 0) is 31.4 Å². The third-order valence-corrected chi connectivity index (χ3v) is 4.59. The van der Waals surface area contributed by atoms with Crippen molar-refractivity contribution in [3.8, 4) is 0 Å². The number of fused-ring (bicyclic) bond motifs is 1. The molecule has 2 aromatic rings. The quantitative estimate of drug-likeness (QED) is 0.450. The van der Waals surface area contributed by atoms with Crippen molar-refractivity contribution in [2.75, 3.05) is 6.54 Å². The van der Waals surface area contributed by atoms with E-state index in [1.807, 2.05) is 37.3 Å². The Bertz CT molecular complexity index is 942. The monoisotopic (exact) mass is 381 g/mol. The normalized spacial score (nSPS) is 14.0. The van der Waals surface area contributed by atoms with Crippen LogP contribution < -0.4 is 5.32 Å². The van der Waals surface area contributed by atoms with Crippen molar-refractivity contribution >= 4 is 23.4 Å². The van der Waals surface area contributed by atoms with Gasteiger partial charge in [-0.25, -0.2) is 0 Å². The minimum atomic E-state index is -0.820. The van der Waals surface area contributed by atoms with Gasteiger partial charge in [-0.3, -0.25) is 29.4 Å². The zero-order valence-corrected chi connectivity index (χ0v) is 15.3. The molecule has 28 heavy (non-hydrogen) atoms. The van der Waals surface area contributed by atoms with Crippen molar-refractivity contribution in [1.82, 2.24) is 10.2 Å². The zero-order valence-electron chi connectivity index (χ0n) is 15.3. The van der Waals surface area contributed by atoms with E-state index in [-0.39, 0.29) is 17.2 Å². The molecule has 3 rings (SSSR count). The van der Waals surface area contributed by atoms with Crippen LogP contribution in [0.1, 0.15) is 39.6 Å². The van der Waals surface area contributed by atoms with Gasteiger partial charge < -0.3 is 5.32 Å². The number of imide groups is 1. The molecule has 0 fully saturated rings. The zero-order chi connectivity index (χ0) is 20.3. The van der Waals surface area contributed by atoms with Crippen LogP contribution in [0.2, 0.25) is 0 Å². The SMILES string of the molecule is C[C@@H](CCc1ccccc1)NC(=O)CN1C(=O)c2cccc([N+](=O)[O-])c2C1=O. The highest BCUT2D eigenvalue weighted by Gasteiger charge is 2.41. The molecule has 1 atom stereocenters. The number of carbonyl (C=O) groups is 3. The summed E-state index contributed by atoms with van der Waals surface area (Å²) in [6.45, 7) is 1.37. The van der Waals surface area contributed by atoms with Crippen LogP contribution in [-0.4, -0.2) is 40.1 Å². The van der Waals surface area contributed by atoms with Gasteiger partial charge >= 0.3 is 0 Å². The first-order valence-corrected chi connectivity index (χ1v) is 8.85. The van der Waals surface area contributed by atoms with E-state index >= 15 is 0 Å². The first kappa shape index (κ1) is 19.2. The van der Waals surface area contributed by atoms with E-state index < -0.39 is 34.9 Å². The molecule has 3 amide bonds. The number of nitrogens with one attached hydrogen (secondary N) is 1. The molecule has 2 aromatic carbocycles. The third kappa shape index (κ3) is 3.90. The summed E-state index contributed by atoms with van der Waals surface area (Å²) < 4.78 is 0. The summed E-state index contributed by atoms with van der Waals surface area (Å²) in [6.07, 6.45) is 1.48. The summed E-state index contributed by atoms with van der Waals surface area (Å²) >= 11 is 0. The molecule has 0 saturated carbocycles. The molecule has 0 aromatic heterocycles. The molecule has 0 unspecified atom stereocenters. The molecule has 1 heterocycles. The maximum absolute atomic E-state index is 12.5. The maximum atomic E-state index is 12.5. The van der Waals surface area contributed by atoms with Crippen LogP contribution in [0.3, 0.4) is 0 Å². The molecule has 1 N–H and O–H groups in total. The first-order valence-electron chi connectivity index (χ1n) is 8.85. The molecule has 144 valence electrons. The lowest BCUT2D eigenvalue weighted by atomic mass is 10.1. The number of nitro benzene ring substituents is 1. The van der Waals surface area contributed by atoms with Crippen LogP contribution >= 0.6 is 0 Å². The molecule has 0 spiro atoms. The molecule has 8 nitrogen and oxygen atoms in total. The van der Waals surface area contributed by atoms with Crippen molar-refractivity contribution in [3.63, 3.8) is 0 Å². The number of amides is 3. The van der Waals surface area contributed by atoms with Gasteiger partial charge in [0.25, 0.3) is 17.5 Å². The third-order valence-electron chi connectivity index (χ3n) is 4.59. The van der Waals surface area contributed by atoms with Gasteiger partial charge in [0.2, 0.25) is 5.91 Å². The molecule has 0 aliphatic carbocycles. The van der Waals surface area contributed by atoms with Gasteiger partial charge in [-0.2, -0.15) is 0 Å². The van der Waals surface area contributed by atoms with E-state index in [2.05, 4.69) is 5.32 Å². The van der Waals surface area contributed by atoms with Crippen LogP contribution in [0, 0.1) is 10.1 Å². The Labute approximate surface area is 161 Å². The van der Waals surface area contributed by atoms with Gasteiger partial charge in [-0.15, -0.1) is 0 Å². The molecule has 0 radical (unpaired) electrons. The van der Waals surface area contributed by atoms with Gasteiger partial charge in [0.05, 0.1) is 10.5 Å². The standard InChI is InChI=1S/C20H19N3O5/c1-13(10-11-14-6-3-2-4-7-14)21-17(24)12-22-19(25)15-8-5-9-16(23(27)28)18(15)20(22)26/h2-9,13H,10-12H2,1H3,(H,21,24)/t13-/m0/s1. The van der Waals surface area contributed by atoms with Gasteiger partial charge in [0.15, 0.2) is 0 Å². The summed E-state index contributed by atoms with van der Waals surface area (Å²) in [7, 11) is 0. The van der Waals surface area contributed by atoms with E-state index in [4.69, 9.17) is 0 Å². The Morgan fingerprint density at radius 1 is 1.11 bits per heavy atom. The largest absolute Gasteiger partial charge is 0.352 e. The lowest BCUT2D eigenvalue weighted by Crippen LogP contribution is -2.43. The van der Waals surface area contributed by atoms with Crippen molar-refractivity contribution < 1.29 is 19.3 Å². The van der Waals surface area contributed by atoms with Crippen molar-refractivity contribution in [2.24, 2.45) is 0 Å². The topological polar surface area (TPSA) is 110 Å². The minimum absolute atomic E-state index is 0.0517. The summed E-state index contributed by atoms with van der Waals surface area (Å²) in [5.41, 5.74) is 0.401. The van der Waals surface area contributed by atoms with Crippen LogP contribution in [0.15, 0.2) is 48.5 Å². The van der Waals surface area contributed by atoms with Crippen LogP contribution in [0.25, 0.3) is 0 Å². The van der Waals surface area contributed by atoms with Gasteiger partial charge in [0.1, 0.15) is 12.1 Å². The molecule has 8 heteroatoms. The van der Waals surface area contributed by atoms with Crippen molar-refractivity contribution in [2.45, 2.75) is 25.8 Å². The number of hydrogen-bond acceptors (Lipinski definition) is 5. The summed E-state index contributed by atoms with van der Waals surface area (Å²) in [5.74, 6) is -2.01. The van der Waals surface area contributed by atoms with Gasteiger partial charge in [0, 0.05) is 12.1 Å². The predicted molar refractivity (Wildman–Crippen MR) is 101 cm³/mol. The fraction of sp³-hybridized carbons (Fsp3) is 0.250. The van der Waals surface area contributed by atoms with Crippen LogP contribution in [0.5, 0.6) is 0 Å². The number of hydrogen-bond donors (Lipinski definition) is 1. The number of aryl methyl sites for hydroxylation is 1. The molecular formula is C20H19N3O5. The van der Waals surface area contributed by atoms with E-state index in [0.29, 0.717) is 6.42 Å². The second-order valence-electron chi connectivity index (χ2n) is 6.65. The highest BCUT2D eigenvalue weighted by atomic mass is 16.6. The minimum Gasteiger partial charge on any atom is -0.352 e. The Morgan fingerprint density at radius 2 is 1.82 bits per heavy atom. The second kappa shape index (κ2) is 7.99. The number of nitrogens with zero attached hydrogens (tertiary/aromatic N) is 2. The van der Waals surface area contributed by atoms with Crippen LogP contribution in [0.4, 0.5) is 5.69 Å². The molecule has 0 bridgehead atoms. The predicted octanol–water partition coefficient (Wildman–Crippen LogP) is 2.33. The Kier molecular flexibility index (Phi) is 5.49. The fourth-order valence-electron chi connectivity index (χ4n) is 3.18. The average Bonchev–Trinajstić information content (AvgIpc) is 2.92. The number of rotatable bonds is 7. The molecule has 1 aliphatic heterocycles. The van der Waals surface area contributed by atoms with Crippen LogP contribution in [-0.2, 0) is 11.2 Å². The number of benzene rings is 2. The summed E-state index contributed by atoms with van der Waals surface area (Å²) in [6, 6.07) is 13.5. The van der Waals surface area contributed by atoms with E-state index in [9.17, 15) is 24.5 Å².